The molecule has 3 aromatic heterocycles. The Morgan fingerprint density at radius 3 is 2.75 bits per heavy atom. The fourth-order valence-corrected chi connectivity index (χ4v) is 2.85. The number of nitrogens with two attached hydrogens (primary N) is 1. The molecule has 5 heteroatoms. The van der Waals surface area contributed by atoms with Gasteiger partial charge in [-0.1, -0.05) is 24.3 Å². The largest absolute Gasteiger partial charge is 0.383 e. The first-order valence-corrected chi connectivity index (χ1v) is 7.45. The van der Waals surface area contributed by atoms with Gasteiger partial charge in [-0.25, -0.2) is 4.98 Å². The summed E-state index contributed by atoms with van der Waals surface area (Å²) >= 11 is 0. The number of pyridine rings is 2. The quantitative estimate of drug-likeness (QED) is 0.590. The zero-order chi connectivity index (χ0) is 16.5. The minimum absolute atomic E-state index is 0.221. The van der Waals surface area contributed by atoms with Crippen LogP contribution in [0, 0.1) is 11.3 Å². The maximum atomic E-state index is 9.46. The first-order chi connectivity index (χ1) is 11.8. The number of fused-ring (bicyclic) bond motifs is 1. The number of nitrogens with zero attached hydrogens (tertiary/aromatic N) is 3. The lowest BCUT2D eigenvalue weighted by Gasteiger charge is -2.09. The van der Waals surface area contributed by atoms with Crippen molar-refractivity contribution >= 4 is 16.7 Å². The molecule has 0 radical (unpaired) electrons. The number of nitrogens with one attached hydrogen (secondary N) is 1. The van der Waals surface area contributed by atoms with Crippen molar-refractivity contribution in [3.05, 3.63) is 66.6 Å². The number of H-pyrrole nitrogens is 1. The molecule has 24 heavy (non-hydrogen) atoms. The van der Waals surface area contributed by atoms with Crippen molar-refractivity contribution in [3.8, 4) is 28.5 Å². The van der Waals surface area contributed by atoms with Gasteiger partial charge < -0.3 is 10.7 Å². The van der Waals surface area contributed by atoms with Crippen LogP contribution in [0.5, 0.6) is 0 Å². The zero-order valence-corrected chi connectivity index (χ0v) is 12.7. The number of benzene rings is 1. The molecule has 1 aromatic carbocycles. The molecule has 4 rings (SSSR count). The Kier molecular flexibility index (Phi) is 3.22. The lowest BCUT2D eigenvalue weighted by Crippen LogP contribution is -1.99. The van der Waals surface area contributed by atoms with Crippen LogP contribution in [0.15, 0.2) is 61.1 Å². The number of hydrogen-bond donors (Lipinski definition) is 2. The second kappa shape index (κ2) is 5.52. The van der Waals surface area contributed by atoms with E-state index in [1.165, 1.54) is 0 Å². The number of aromatic amines is 1. The second-order valence-corrected chi connectivity index (χ2v) is 5.42. The first kappa shape index (κ1) is 14.0. The number of nitriles is 1. The number of hydrogen-bond acceptors (Lipinski definition) is 4. The lowest BCUT2D eigenvalue weighted by molar-refractivity contribution is 1.29. The number of para-hydroxylation sites is 1. The average molecular weight is 311 g/mol. The van der Waals surface area contributed by atoms with Gasteiger partial charge in [-0.15, -0.1) is 0 Å². The Bertz CT molecular complexity index is 1070. The summed E-state index contributed by atoms with van der Waals surface area (Å²) in [5, 5.41) is 10.5. The number of rotatable bonds is 2. The highest BCUT2D eigenvalue weighted by Crippen LogP contribution is 2.33. The predicted octanol–water partition coefficient (Wildman–Crippen LogP) is 3.75. The summed E-state index contributed by atoms with van der Waals surface area (Å²) in [5.74, 6) is 0.221. The first-order valence-electron chi connectivity index (χ1n) is 7.45. The molecule has 0 bridgehead atoms. The van der Waals surface area contributed by atoms with Crippen LogP contribution in [-0.2, 0) is 0 Å². The SMILES string of the molecule is N#Cc1c(-c2cccnc2)cc(-c2c[nH]c3ccccc23)nc1N. The summed E-state index contributed by atoms with van der Waals surface area (Å²) in [7, 11) is 0. The second-order valence-electron chi connectivity index (χ2n) is 5.42. The van der Waals surface area contributed by atoms with Crippen LogP contribution >= 0.6 is 0 Å². The van der Waals surface area contributed by atoms with Crippen LogP contribution in [0.25, 0.3) is 33.3 Å². The molecule has 0 unspecified atom stereocenters. The molecular weight excluding hydrogens is 298 g/mol. The molecule has 0 amide bonds. The van der Waals surface area contributed by atoms with Crippen molar-refractivity contribution in [1.82, 2.24) is 15.0 Å². The normalized spacial score (nSPS) is 10.6. The van der Waals surface area contributed by atoms with Crippen LogP contribution < -0.4 is 5.73 Å². The van der Waals surface area contributed by atoms with E-state index in [0.717, 1.165) is 33.3 Å². The summed E-state index contributed by atoms with van der Waals surface area (Å²) in [6.45, 7) is 0. The molecule has 114 valence electrons. The number of aromatic nitrogens is 3. The predicted molar refractivity (Wildman–Crippen MR) is 93.9 cm³/mol. The summed E-state index contributed by atoms with van der Waals surface area (Å²) < 4.78 is 0. The third-order valence-corrected chi connectivity index (χ3v) is 4.00. The molecule has 0 aliphatic rings. The van der Waals surface area contributed by atoms with E-state index in [4.69, 9.17) is 5.73 Å². The summed E-state index contributed by atoms with van der Waals surface area (Å²) in [6, 6.07) is 15.8. The van der Waals surface area contributed by atoms with Crippen molar-refractivity contribution in [1.29, 1.82) is 5.26 Å². The maximum Gasteiger partial charge on any atom is 0.142 e. The third kappa shape index (κ3) is 2.18. The molecule has 0 aliphatic heterocycles. The van der Waals surface area contributed by atoms with Crippen molar-refractivity contribution < 1.29 is 0 Å². The van der Waals surface area contributed by atoms with Gasteiger partial charge in [-0.05, 0) is 18.2 Å². The third-order valence-electron chi connectivity index (χ3n) is 4.00. The molecule has 0 aliphatic carbocycles. The van der Waals surface area contributed by atoms with Crippen molar-refractivity contribution in [3.63, 3.8) is 0 Å². The molecular formula is C19H13N5. The van der Waals surface area contributed by atoms with Gasteiger partial charge in [0, 0.05) is 46.2 Å². The molecule has 3 heterocycles. The van der Waals surface area contributed by atoms with Gasteiger partial charge in [0.05, 0.1) is 5.69 Å². The molecule has 0 fully saturated rings. The smallest absolute Gasteiger partial charge is 0.142 e. The van der Waals surface area contributed by atoms with Crippen LogP contribution in [-0.4, -0.2) is 15.0 Å². The van der Waals surface area contributed by atoms with Gasteiger partial charge in [-0.3, -0.25) is 4.98 Å². The highest BCUT2D eigenvalue weighted by Gasteiger charge is 2.15. The molecule has 0 saturated heterocycles. The molecule has 0 spiro atoms. The van der Waals surface area contributed by atoms with E-state index in [0.29, 0.717) is 5.56 Å². The fraction of sp³-hybridized carbons (Fsp3) is 0. The van der Waals surface area contributed by atoms with Gasteiger partial charge in [0.15, 0.2) is 0 Å². The van der Waals surface area contributed by atoms with E-state index in [9.17, 15) is 5.26 Å². The fourth-order valence-electron chi connectivity index (χ4n) is 2.85. The molecule has 4 aromatic rings. The van der Waals surface area contributed by atoms with Crippen molar-refractivity contribution in [2.45, 2.75) is 0 Å². The van der Waals surface area contributed by atoms with Gasteiger partial charge in [0.25, 0.3) is 0 Å². The molecule has 5 nitrogen and oxygen atoms in total. The Morgan fingerprint density at radius 2 is 1.96 bits per heavy atom. The Balaban J connectivity index is 1.98. The number of nitrogen functional groups attached to an aromatic ring is 1. The van der Waals surface area contributed by atoms with E-state index >= 15 is 0 Å². The summed E-state index contributed by atoms with van der Waals surface area (Å²) in [4.78, 5) is 11.8. The van der Waals surface area contributed by atoms with Crippen LogP contribution in [0.4, 0.5) is 5.82 Å². The Hall–Kier alpha value is -3.65. The zero-order valence-electron chi connectivity index (χ0n) is 12.7. The van der Waals surface area contributed by atoms with Gasteiger partial charge in [-0.2, -0.15) is 5.26 Å². The van der Waals surface area contributed by atoms with Gasteiger partial charge >= 0.3 is 0 Å². The highest BCUT2D eigenvalue weighted by molar-refractivity contribution is 5.96. The summed E-state index contributed by atoms with van der Waals surface area (Å²) in [6.07, 6.45) is 5.32. The topological polar surface area (TPSA) is 91.4 Å². The highest BCUT2D eigenvalue weighted by atomic mass is 14.9. The van der Waals surface area contributed by atoms with Crippen molar-refractivity contribution in [2.24, 2.45) is 0 Å². The van der Waals surface area contributed by atoms with Crippen molar-refractivity contribution in [2.75, 3.05) is 5.73 Å². The van der Waals surface area contributed by atoms with Gasteiger partial charge in [0.1, 0.15) is 17.5 Å². The van der Waals surface area contributed by atoms with Gasteiger partial charge in [0.2, 0.25) is 0 Å². The van der Waals surface area contributed by atoms with Crippen LogP contribution in [0.2, 0.25) is 0 Å². The Morgan fingerprint density at radius 1 is 1.08 bits per heavy atom. The standard InChI is InChI=1S/C19H13N5/c20-9-15-14(12-4-3-7-22-10-12)8-18(24-19(15)21)16-11-23-17-6-2-1-5-13(16)17/h1-8,10-11,23H,(H2,21,24). The minimum atomic E-state index is 0.221. The van der Waals surface area contributed by atoms with E-state index in [1.54, 1.807) is 12.4 Å². The molecule has 0 saturated carbocycles. The van der Waals surface area contributed by atoms with E-state index in [2.05, 4.69) is 21.0 Å². The van der Waals surface area contributed by atoms with E-state index in [1.807, 2.05) is 48.7 Å². The maximum absolute atomic E-state index is 9.46. The number of anilines is 1. The minimum Gasteiger partial charge on any atom is -0.383 e. The van der Waals surface area contributed by atoms with E-state index < -0.39 is 0 Å². The molecule has 3 N–H and O–H groups in total. The van der Waals surface area contributed by atoms with Crippen LogP contribution in [0.1, 0.15) is 5.56 Å². The van der Waals surface area contributed by atoms with Crippen LogP contribution in [0.3, 0.4) is 0 Å². The monoisotopic (exact) mass is 311 g/mol. The lowest BCUT2D eigenvalue weighted by atomic mass is 9.99. The van der Waals surface area contributed by atoms with E-state index in [-0.39, 0.29) is 5.82 Å². The Labute approximate surface area is 138 Å². The average Bonchev–Trinajstić information content (AvgIpc) is 3.06. The summed E-state index contributed by atoms with van der Waals surface area (Å²) in [5.41, 5.74) is 10.7. The molecule has 0 atom stereocenters.